The number of anilines is 1. The number of phosphoric ester groups is 1. The normalized spacial score (nSPS) is 11.8. The zero-order chi connectivity index (χ0) is 31.7. The Hall–Kier alpha value is -4.37. The second kappa shape index (κ2) is 14.9. The Morgan fingerprint density at radius 1 is 1.07 bits per heavy atom. The van der Waals surface area contributed by atoms with E-state index in [4.69, 9.17) is 23.3 Å². The van der Waals surface area contributed by atoms with Crippen LogP contribution in [0.15, 0.2) is 67.1 Å². The molecule has 0 aliphatic carbocycles. The maximum absolute atomic E-state index is 13.0. The Morgan fingerprint density at radius 2 is 1.84 bits per heavy atom. The van der Waals surface area contributed by atoms with Crippen LogP contribution in [0.5, 0.6) is 5.75 Å². The summed E-state index contributed by atoms with van der Waals surface area (Å²) in [4.78, 5) is 23.3. The number of phosphoric acid groups is 1. The van der Waals surface area contributed by atoms with Gasteiger partial charge in [-0.2, -0.15) is 5.26 Å². The zero-order valence-electron chi connectivity index (χ0n) is 25.3. The molecule has 230 valence electrons. The Morgan fingerprint density at radius 3 is 2.52 bits per heavy atom. The van der Waals surface area contributed by atoms with Crippen LogP contribution >= 0.6 is 7.82 Å². The Labute approximate surface area is 256 Å². The van der Waals surface area contributed by atoms with Crippen molar-refractivity contribution in [1.29, 1.82) is 5.26 Å². The van der Waals surface area contributed by atoms with Crippen molar-refractivity contribution < 1.29 is 27.7 Å². The van der Waals surface area contributed by atoms with E-state index in [9.17, 15) is 14.6 Å². The molecule has 3 aromatic heterocycles. The number of hydrogen-bond acceptors (Lipinski definition) is 10. The minimum Gasteiger partial charge on any atom is -0.497 e. The number of aromatic nitrogens is 3. The van der Waals surface area contributed by atoms with Crippen LogP contribution in [0.4, 0.5) is 5.69 Å². The van der Waals surface area contributed by atoms with E-state index >= 15 is 0 Å². The lowest BCUT2D eigenvalue weighted by atomic mass is 10.0. The maximum Gasteiger partial charge on any atom is 0.476 e. The summed E-state index contributed by atoms with van der Waals surface area (Å²) in [6.45, 7) is 4.19. The van der Waals surface area contributed by atoms with Crippen molar-refractivity contribution in [2.75, 3.05) is 46.3 Å². The SMILES string of the molecule is CCOP(=O)(OCC)OCn1cc(-c2ccnc(C#N)c2)c2cc(-c3cc(NC(=O)C=CCN(C)C)cc(OC)c3)cnc21. The van der Waals surface area contributed by atoms with Crippen molar-refractivity contribution in [2.24, 2.45) is 0 Å². The molecule has 12 nitrogen and oxygen atoms in total. The summed E-state index contributed by atoms with van der Waals surface area (Å²) in [7, 11) is 1.61. The summed E-state index contributed by atoms with van der Waals surface area (Å²) >= 11 is 0. The van der Waals surface area contributed by atoms with Crippen LogP contribution in [0.25, 0.3) is 33.3 Å². The molecule has 4 rings (SSSR count). The molecule has 0 radical (unpaired) electrons. The number of benzene rings is 1. The summed E-state index contributed by atoms with van der Waals surface area (Å²) in [6, 6.07) is 12.9. The fraction of sp³-hybridized carbons (Fsp3) is 0.290. The zero-order valence-corrected chi connectivity index (χ0v) is 26.2. The van der Waals surface area contributed by atoms with Crippen molar-refractivity contribution in [1.82, 2.24) is 19.4 Å². The van der Waals surface area contributed by atoms with Gasteiger partial charge in [0.05, 0.1) is 20.3 Å². The van der Waals surface area contributed by atoms with Gasteiger partial charge in [-0.15, -0.1) is 0 Å². The Bertz CT molecular complexity index is 1740. The first-order valence-corrected chi connectivity index (χ1v) is 15.3. The average molecular weight is 619 g/mol. The molecule has 44 heavy (non-hydrogen) atoms. The highest BCUT2D eigenvalue weighted by atomic mass is 31.2. The average Bonchev–Trinajstić information content (AvgIpc) is 3.38. The highest BCUT2D eigenvalue weighted by Crippen LogP contribution is 2.49. The van der Waals surface area contributed by atoms with E-state index in [1.54, 1.807) is 68.4 Å². The number of pyridine rings is 2. The number of nitriles is 1. The Kier molecular flexibility index (Phi) is 11.0. The van der Waals surface area contributed by atoms with E-state index in [1.165, 1.54) is 6.08 Å². The van der Waals surface area contributed by atoms with Gasteiger partial charge in [-0.05, 0) is 69.4 Å². The van der Waals surface area contributed by atoms with Gasteiger partial charge in [-0.3, -0.25) is 18.4 Å². The van der Waals surface area contributed by atoms with Gasteiger partial charge in [-0.25, -0.2) is 14.5 Å². The summed E-state index contributed by atoms with van der Waals surface area (Å²) in [6.07, 6.45) is 8.33. The van der Waals surface area contributed by atoms with Crippen LogP contribution in [-0.2, 0) is 29.7 Å². The molecule has 1 amide bonds. The van der Waals surface area contributed by atoms with Gasteiger partial charge in [0.15, 0.2) is 0 Å². The monoisotopic (exact) mass is 618 g/mol. The second-order valence-corrected chi connectivity index (χ2v) is 11.5. The number of carbonyl (C=O) groups excluding carboxylic acids is 1. The van der Waals surface area contributed by atoms with Gasteiger partial charge in [0, 0.05) is 59.5 Å². The number of fused-ring (bicyclic) bond motifs is 1. The summed E-state index contributed by atoms with van der Waals surface area (Å²) in [5.74, 6) is 0.290. The number of methoxy groups -OCH3 is 1. The van der Waals surface area contributed by atoms with E-state index < -0.39 is 7.82 Å². The lowest BCUT2D eigenvalue weighted by Gasteiger charge is -2.16. The van der Waals surface area contributed by atoms with E-state index in [0.29, 0.717) is 23.6 Å². The van der Waals surface area contributed by atoms with Crippen LogP contribution < -0.4 is 10.1 Å². The summed E-state index contributed by atoms with van der Waals surface area (Å²) in [5, 5.41) is 13.1. The summed E-state index contributed by atoms with van der Waals surface area (Å²) < 4.78 is 36.4. The predicted octanol–water partition coefficient (Wildman–Crippen LogP) is 5.86. The third-order valence-electron chi connectivity index (χ3n) is 6.31. The number of nitrogens with zero attached hydrogens (tertiary/aromatic N) is 5. The third kappa shape index (κ3) is 8.17. The minimum absolute atomic E-state index is 0.153. The molecule has 4 aromatic rings. The molecule has 3 heterocycles. The second-order valence-electron chi connectivity index (χ2n) is 9.79. The molecule has 1 N–H and O–H groups in total. The third-order valence-corrected chi connectivity index (χ3v) is 7.89. The molecule has 0 spiro atoms. The van der Waals surface area contributed by atoms with Gasteiger partial charge in [-0.1, -0.05) is 6.08 Å². The molecule has 0 atom stereocenters. The van der Waals surface area contributed by atoms with Gasteiger partial charge in [0.25, 0.3) is 0 Å². The smallest absolute Gasteiger partial charge is 0.476 e. The molecular formula is C31H35N6O6P. The maximum atomic E-state index is 13.0. The highest BCUT2D eigenvalue weighted by molar-refractivity contribution is 7.48. The van der Waals surface area contributed by atoms with Gasteiger partial charge in [0.1, 0.15) is 29.9 Å². The molecule has 1 aromatic carbocycles. The van der Waals surface area contributed by atoms with E-state index in [1.807, 2.05) is 37.2 Å². The number of hydrogen-bond donors (Lipinski definition) is 1. The van der Waals surface area contributed by atoms with Crippen molar-refractivity contribution >= 4 is 30.5 Å². The molecule has 0 saturated heterocycles. The van der Waals surface area contributed by atoms with Gasteiger partial charge >= 0.3 is 7.82 Å². The lowest BCUT2D eigenvalue weighted by Crippen LogP contribution is -2.13. The predicted molar refractivity (Wildman–Crippen MR) is 168 cm³/mol. The van der Waals surface area contributed by atoms with E-state index in [2.05, 4.69) is 16.4 Å². The van der Waals surface area contributed by atoms with E-state index in [-0.39, 0.29) is 31.5 Å². The quantitative estimate of drug-likeness (QED) is 0.135. The number of likely N-dealkylation sites (N-methyl/N-ethyl adjacent to an activating group) is 1. The number of amides is 1. The van der Waals surface area contributed by atoms with Crippen LogP contribution in [0.3, 0.4) is 0 Å². The summed E-state index contributed by atoms with van der Waals surface area (Å²) in [5.41, 5.74) is 4.35. The first kappa shape index (κ1) is 32.5. The number of nitrogens with one attached hydrogen (secondary N) is 1. The molecule has 0 unspecified atom stereocenters. The van der Waals surface area contributed by atoms with Crippen molar-refractivity contribution in [2.45, 2.75) is 20.6 Å². The number of carbonyl (C=O) groups is 1. The highest BCUT2D eigenvalue weighted by Gasteiger charge is 2.26. The standard InChI is InChI=1S/C31H35N6O6P/c1-6-41-44(39,42-7-2)43-21-37-20-29(22-10-11-33-26(13-22)18-32)28-16-24(19-34-31(28)37)23-14-25(17-27(15-23)40-5)35-30(38)9-8-12-36(3)4/h8-11,13-17,19-20H,6-7,12,21H2,1-5H3,(H,35,38). The van der Waals surface area contributed by atoms with Crippen LogP contribution in [0.2, 0.25) is 0 Å². The largest absolute Gasteiger partial charge is 0.497 e. The van der Waals surface area contributed by atoms with Gasteiger partial charge < -0.3 is 19.5 Å². The fourth-order valence-corrected chi connectivity index (χ4v) is 5.51. The van der Waals surface area contributed by atoms with E-state index in [0.717, 1.165) is 27.6 Å². The molecule has 0 bridgehead atoms. The van der Waals surface area contributed by atoms with Crippen molar-refractivity contribution in [3.8, 4) is 34.1 Å². The number of rotatable bonds is 14. The van der Waals surface area contributed by atoms with Crippen LogP contribution in [0, 0.1) is 11.3 Å². The van der Waals surface area contributed by atoms with Gasteiger partial charge in [0.2, 0.25) is 5.91 Å². The molecule has 13 heteroatoms. The molecule has 0 aliphatic heterocycles. The topological polar surface area (TPSA) is 141 Å². The molecule has 0 fully saturated rings. The van der Waals surface area contributed by atoms with Crippen molar-refractivity contribution in [3.05, 3.63) is 72.8 Å². The first-order chi connectivity index (χ1) is 21.2. The number of ether oxygens (including phenoxy) is 1. The molecule has 0 aliphatic rings. The first-order valence-electron chi connectivity index (χ1n) is 13.9. The molecular weight excluding hydrogens is 583 g/mol. The fourth-order valence-electron chi connectivity index (χ4n) is 4.39. The minimum atomic E-state index is -3.79. The van der Waals surface area contributed by atoms with Crippen LogP contribution in [-0.4, -0.2) is 66.3 Å². The molecule has 0 saturated carbocycles. The van der Waals surface area contributed by atoms with Crippen LogP contribution in [0.1, 0.15) is 19.5 Å². The van der Waals surface area contributed by atoms with Crippen molar-refractivity contribution in [3.63, 3.8) is 0 Å². The Balaban J connectivity index is 1.77. The lowest BCUT2D eigenvalue weighted by molar-refractivity contribution is -0.111.